The van der Waals surface area contributed by atoms with Gasteiger partial charge in [-0.2, -0.15) is 0 Å². The number of piperidine rings is 2. The summed E-state index contributed by atoms with van der Waals surface area (Å²) in [5, 5.41) is 1.22. The Labute approximate surface area is 227 Å². The van der Waals surface area contributed by atoms with Crippen molar-refractivity contribution in [1.29, 1.82) is 0 Å². The number of nitrogens with zero attached hydrogens (tertiary/aromatic N) is 4. The van der Waals surface area contributed by atoms with E-state index in [2.05, 4.69) is 81.7 Å². The molecule has 4 aliphatic heterocycles. The standard InChI is InChI=1S/C30H37IN4S/c1-29(2)20-14-34(15-21(20)29)19-12-26(35-16-22-23(17-35)30(22,3)4)28-27(13-19)36-31-24-11-18(7-8-25(24)32-28)33-9-5-6-10-33/h7-8,11-13,20-23H,5-6,9-10,14-17H2,1-4H3. The molecule has 4 unspecified atom stereocenters. The fourth-order valence-corrected chi connectivity index (χ4v) is 12.7. The van der Waals surface area contributed by atoms with Gasteiger partial charge in [-0.15, -0.1) is 0 Å². The Morgan fingerprint density at radius 1 is 0.778 bits per heavy atom. The molecular weight excluding hydrogens is 575 g/mol. The van der Waals surface area contributed by atoms with Crippen LogP contribution in [-0.4, -0.2) is 39.3 Å². The molecule has 0 bridgehead atoms. The predicted molar refractivity (Wildman–Crippen MR) is 160 cm³/mol. The smallest absolute Gasteiger partial charge is 0.102 e. The van der Waals surface area contributed by atoms with E-state index in [9.17, 15) is 0 Å². The second kappa shape index (κ2) is 7.64. The van der Waals surface area contributed by atoms with Crippen LogP contribution in [-0.2, 0) is 0 Å². The third-order valence-corrected chi connectivity index (χ3v) is 15.9. The van der Waals surface area contributed by atoms with Crippen LogP contribution in [0.2, 0.25) is 0 Å². The van der Waals surface area contributed by atoms with E-state index < -0.39 is 0 Å². The third-order valence-electron chi connectivity index (χ3n) is 10.8. The molecule has 2 aliphatic carbocycles. The van der Waals surface area contributed by atoms with Gasteiger partial charge in [-0.05, 0) is 97.0 Å². The normalized spacial score (nSPS) is 32.4. The predicted octanol–water partition coefficient (Wildman–Crippen LogP) is 6.66. The van der Waals surface area contributed by atoms with Gasteiger partial charge in [0.2, 0.25) is 0 Å². The van der Waals surface area contributed by atoms with E-state index in [1.54, 1.807) is 0 Å². The molecule has 0 spiro atoms. The molecule has 4 nitrogen and oxygen atoms in total. The molecular formula is C30H37IN4S. The van der Waals surface area contributed by atoms with Gasteiger partial charge in [-0.1, -0.05) is 36.6 Å². The van der Waals surface area contributed by atoms with Crippen molar-refractivity contribution in [2.45, 2.75) is 45.4 Å². The maximum atomic E-state index is 5.43. The van der Waals surface area contributed by atoms with Crippen molar-refractivity contribution in [3.8, 4) is 0 Å². The molecule has 0 N–H and O–H groups in total. The molecule has 0 radical (unpaired) electrons. The number of anilines is 3. The highest BCUT2D eigenvalue weighted by Gasteiger charge is 2.63. The summed E-state index contributed by atoms with van der Waals surface area (Å²) >= 11 is -0.179. The highest BCUT2D eigenvalue weighted by Crippen LogP contribution is 2.64. The summed E-state index contributed by atoms with van der Waals surface area (Å²) in [6.07, 6.45) is 2.65. The van der Waals surface area contributed by atoms with Gasteiger partial charge in [-0.3, -0.25) is 0 Å². The molecule has 2 saturated carbocycles. The second-order valence-corrected chi connectivity index (χ2v) is 17.8. The van der Waals surface area contributed by atoms with Crippen molar-refractivity contribution < 1.29 is 0 Å². The summed E-state index contributed by atoms with van der Waals surface area (Å²) in [5.41, 5.74) is 6.59. The minimum Gasteiger partial charge on any atom is -0.372 e. The lowest BCUT2D eigenvalue weighted by molar-refractivity contribution is 0.498. The second-order valence-electron chi connectivity index (χ2n) is 13.3. The van der Waals surface area contributed by atoms with Gasteiger partial charge in [0, 0.05) is 58.7 Å². The molecule has 36 heavy (non-hydrogen) atoms. The van der Waals surface area contributed by atoms with Crippen LogP contribution in [0.5, 0.6) is 0 Å². The lowest BCUT2D eigenvalue weighted by Crippen LogP contribution is -2.28. The first-order valence-corrected chi connectivity index (χ1v) is 18.3. The van der Waals surface area contributed by atoms with Crippen LogP contribution in [0.3, 0.4) is 0 Å². The molecule has 3 saturated heterocycles. The number of halogens is 1. The van der Waals surface area contributed by atoms with Gasteiger partial charge in [0.15, 0.2) is 0 Å². The number of benzene rings is 2. The van der Waals surface area contributed by atoms with Crippen molar-refractivity contribution in [1.82, 2.24) is 0 Å². The summed E-state index contributed by atoms with van der Waals surface area (Å²) < 4.78 is 1.50. The van der Waals surface area contributed by atoms with E-state index in [0.29, 0.717) is 10.8 Å². The van der Waals surface area contributed by atoms with Crippen molar-refractivity contribution in [3.05, 3.63) is 38.8 Å². The van der Waals surface area contributed by atoms with E-state index in [1.165, 1.54) is 88.3 Å². The molecule has 4 heterocycles. The topological polar surface area (TPSA) is 22.1 Å². The zero-order valence-electron chi connectivity index (χ0n) is 21.9. The highest BCUT2D eigenvalue weighted by molar-refractivity contribution is 14.2. The van der Waals surface area contributed by atoms with Crippen LogP contribution in [0.4, 0.5) is 22.7 Å². The Balaban J connectivity index is 1.20. The minimum absolute atomic E-state index is 0.179. The Hall–Kier alpha value is -1.28. The summed E-state index contributed by atoms with van der Waals surface area (Å²) in [6, 6.07) is 12.1. The zero-order valence-corrected chi connectivity index (χ0v) is 24.9. The average Bonchev–Trinajstić information content (AvgIpc) is 3.39. The largest absolute Gasteiger partial charge is 0.372 e. The third kappa shape index (κ3) is 3.31. The van der Waals surface area contributed by atoms with E-state index in [1.807, 2.05) is 0 Å². The molecule has 4 atom stereocenters. The van der Waals surface area contributed by atoms with Crippen molar-refractivity contribution in [3.63, 3.8) is 0 Å². The number of fused-ring (bicyclic) bond motifs is 4. The summed E-state index contributed by atoms with van der Waals surface area (Å²) in [6.45, 7) is 17.1. The van der Waals surface area contributed by atoms with Crippen LogP contribution in [0.1, 0.15) is 40.5 Å². The number of hydrogen-bond donors (Lipinski definition) is 0. The highest BCUT2D eigenvalue weighted by atomic mass is 127. The molecule has 6 heteroatoms. The first-order valence-electron chi connectivity index (χ1n) is 13.9. The molecule has 6 aliphatic rings. The lowest BCUT2D eigenvalue weighted by Gasteiger charge is -2.30. The first kappa shape index (κ1) is 22.7. The molecule has 2 aromatic carbocycles. The minimum atomic E-state index is -0.179. The fraction of sp³-hybridized carbons (Fsp3) is 0.600. The molecule has 190 valence electrons. The van der Waals surface area contributed by atoms with E-state index in [0.717, 1.165) is 23.7 Å². The average molecular weight is 613 g/mol. The summed E-state index contributed by atoms with van der Waals surface area (Å²) in [5.74, 6) is 3.44. The SMILES string of the molecule is CC1(C)C2CN(c3cc4c(c(N5CC6C(C5)C6(C)C)c3)N=c3ccc(N5CCCC5)cc3=IS4)CC21. The quantitative estimate of drug-likeness (QED) is 0.362. The Kier molecular flexibility index (Phi) is 4.82. The maximum absolute atomic E-state index is 5.43. The van der Waals surface area contributed by atoms with Crippen LogP contribution < -0.4 is 20.1 Å². The molecule has 2 aromatic rings. The first-order chi connectivity index (χ1) is 17.3. The zero-order chi connectivity index (χ0) is 24.4. The summed E-state index contributed by atoms with van der Waals surface area (Å²) in [7, 11) is 2.12. The lowest BCUT2D eigenvalue weighted by atomic mass is 10.0. The van der Waals surface area contributed by atoms with Gasteiger partial charge in [0.1, 0.15) is 5.69 Å². The Morgan fingerprint density at radius 2 is 1.42 bits per heavy atom. The number of rotatable bonds is 3. The van der Waals surface area contributed by atoms with Crippen LogP contribution in [0, 0.1) is 37.7 Å². The molecule has 0 amide bonds. The van der Waals surface area contributed by atoms with Gasteiger partial charge in [0.25, 0.3) is 0 Å². The van der Waals surface area contributed by atoms with Crippen LogP contribution in [0.25, 0.3) is 0 Å². The van der Waals surface area contributed by atoms with Gasteiger partial charge in [-0.25, -0.2) is 4.99 Å². The monoisotopic (exact) mass is 612 g/mol. The van der Waals surface area contributed by atoms with Crippen LogP contribution in [0.15, 0.2) is 40.2 Å². The molecule has 8 rings (SSSR count). The van der Waals surface area contributed by atoms with Crippen molar-refractivity contribution in [2.75, 3.05) is 54.0 Å². The van der Waals surface area contributed by atoms with Gasteiger partial charge >= 0.3 is 0 Å². The maximum Gasteiger partial charge on any atom is 0.102 e. The summed E-state index contributed by atoms with van der Waals surface area (Å²) in [4.78, 5) is 14.8. The molecule has 5 fully saturated rings. The van der Waals surface area contributed by atoms with E-state index in [4.69, 9.17) is 4.99 Å². The fourth-order valence-electron chi connectivity index (χ4n) is 7.87. The Morgan fingerprint density at radius 3 is 2.08 bits per heavy atom. The van der Waals surface area contributed by atoms with E-state index in [-0.39, 0.29) is 19.3 Å². The van der Waals surface area contributed by atoms with Gasteiger partial charge in [0.05, 0.1) is 11.0 Å². The molecule has 0 aromatic heterocycles. The number of hydrogen-bond acceptors (Lipinski definition) is 5. The van der Waals surface area contributed by atoms with Crippen molar-refractivity contribution in [2.24, 2.45) is 39.5 Å². The Bertz CT molecular complexity index is 1370. The van der Waals surface area contributed by atoms with Crippen molar-refractivity contribution >= 4 is 51.0 Å². The van der Waals surface area contributed by atoms with Crippen LogP contribution >= 0.6 is 28.3 Å². The van der Waals surface area contributed by atoms with Gasteiger partial charge < -0.3 is 14.7 Å². The van der Waals surface area contributed by atoms with E-state index >= 15 is 0 Å².